The Hall–Kier alpha value is 0.970. The van der Waals surface area contributed by atoms with Gasteiger partial charge in [0.2, 0.25) is 0 Å². The summed E-state index contributed by atoms with van der Waals surface area (Å²) >= 11 is 12.9. The highest BCUT2D eigenvalue weighted by atomic mass is 32.2. The quantitative estimate of drug-likeness (QED) is 0.341. The van der Waals surface area contributed by atoms with E-state index in [4.69, 9.17) is 11.5 Å². The minimum atomic E-state index is -0.319. The Labute approximate surface area is 84.7 Å². The monoisotopic (exact) mass is 212 g/mol. The molecule has 0 aliphatic rings. The molecule has 0 amide bonds. The Bertz CT molecular complexity index is 108. The lowest BCUT2D eigenvalue weighted by Crippen LogP contribution is -2.26. The first kappa shape index (κ1) is 12.0. The van der Waals surface area contributed by atoms with Gasteiger partial charge >= 0.3 is 0 Å². The van der Waals surface area contributed by atoms with Gasteiger partial charge in [0.15, 0.2) is 0 Å². The van der Waals surface area contributed by atoms with Crippen LogP contribution in [0.25, 0.3) is 0 Å². The summed E-state index contributed by atoms with van der Waals surface area (Å²) in [4.78, 5) is 0. The maximum absolute atomic E-state index is 5.40. The smallest absolute Gasteiger partial charge is 0.0574 e. The van der Waals surface area contributed by atoms with Crippen molar-refractivity contribution >= 4 is 37.9 Å². The lowest BCUT2D eigenvalue weighted by molar-refractivity contribution is 0.652. The van der Waals surface area contributed by atoms with Crippen LogP contribution in [0.1, 0.15) is 12.8 Å². The van der Waals surface area contributed by atoms with E-state index in [2.05, 4.69) is 37.9 Å². The van der Waals surface area contributed by atoms with Crippen LogP contribution in [-0.4, -0.2) is 22.4 Å². The van der Waals surface area contributed by atoms with E-state index in [1.807, 2.05) is 0 Å². The molecule has 0 saturated carbocycles. The highest BCUT2D eigenvalue weighted by Gasteiger charge is 2.21. The second-order valence-corrected chi connectivity index (χ2v) is 5.41. The van der Waals surface area contributed by atoms with Crippen molar-refractivity contribution in [1.82, 2.24) is 0 Å². The van der Waals surface area contributed by atoms with Crippen molar-refractivity contribution in [2.75, 3.05) is 13.1 Å². The molecule has 4 N–H and O–H groups in total. The van der Waals surface area contributed by atoms with E-state index >= 15 is 0 Å². The van der Waals surface area contributed by atoms with Gasteiger partial charge in [-0.1, -0.05) is 0 Å². The second-order valence-electron chi connectivity index (χ2n) is 2.61. The zero-order valence-electron chi connectivity index (χ0n) is 6.40. The fourth-order valence-electron chi connectivity index (χ4n) is 0.794. The summed E-state index contributed by atoms with van der Waals surface area (Å²) in [7, 11) is 0. The van der Waals surface area contributed by atoms with Gasteiger partial charge in [0.25, 0.3) is 0 Å². The Morgan fingerprint density at radius 3 is 2.18 bits per heavy atom. The van der Waals surface area contributed by atoms with E-state index in [-0.39, 0.29) is 9.33 Å². The van der Waals surface area contributed by atoms with Gasteiger partial charge in [-0.05, 0) is 19.4 Å². The van der Waals surface area contributed by atoms with Crippen LogP contribution in [0, 0.1) is 0 Å². The van der Waals surface area contributed by atoms with E-state index in [9.17, 15) is 0 Å². The predicted molar refractivity (Wildman–Crippen MR) is 60.8 cm³/mol. The minimum Gasteiger partial charge on any atom is -0.330 e. The molecule has 0 rings (SSSR count). The fraction of sp³-hybridized carbons (Fsp3) is 1.00. The van der Waals surface area contributed by atoms with Crippen LogP contribution in [0.2, 0.25) is 0 Å². The van der Waals surface area contributed by atoms with Gasteiger partial charge in [-0.15, -0.1) is 0 Å². The van der Waals surface area contributed by atoms with Gasteiger partial charge in [-0.3, -0.25) is 0 Å². The maximum Gasteiger partial charge on any atom is 0.0574 e. The molecule has 0 aromatic heterocycles. The predicted octanol–water partition coefficient (Wildman–Crippen LogP) is 0.538. The van der Waals surface area contributed by atoms with Gasteiger partial charge in [0.1, 0.15) is 0 Å². The lowest BCUT2D eigenvalue weighted by atomic mass is 10.1. The normalized spacial score (nSPS) is 15.0. The van der Waals surface area contributed by atoms with Crippen LogP contribution in [0.4, 0.5) is 0 Å². The molecule has 0 aliphatic heterocycles. The number of thiol groups is 3. The first-order valence-electron chi connectivity index (χ1n) is 3.55. The van der Waals surface area contributed by atoms with Gasteiger partial charge in [0.05, 0.1) is 4.08 Å². The topological polar surface area (TPSA) is 52.0 Å². The Kier molecular flexibility index (Phi) is 6.08. The zero-order chi connectivity index (χ0) is 8.91. The molecule has 2 nitrogen and oxygen atoms in total. The molecule has 1 atom stereocenters. The minimum absolute atomic E-state index is 0.163. The highest BCUT2D eigenvalue weighted by molar-refractivity contribution is 8.00. The summed E-state index contributed by atoms with van der Waals surface area (Å²) in [5.74, 6) is 0. The summed E-state index contributed by atoms with van der Waals surface area (Å²) < 4.78 is -0.319. The molecule has 0 aromatic carbocycles. The van der Waals surface area contributed by atoms with Gasteiger partial charge in [0, 0.05) is 11.8 Å². The van der Waals surface area contributed by atoms with E-state index < -0.39 is 0 Å². The Balaban J connectivity index is 3.70. The molecule has 1 unspecified atom stereocenters. The first-order chi connectivity index (χ1) is 5.02. The molecule has 5 heteroatoms. The van der Waals surface area contributed by atoms with Gasteiger partial charge in [-0.2, -0.15) is 37.9 Å². The van der Waals surface area contributed by atoms with Gasteiger partial charge in [-0.25, -0.2) is 0 Å². The van der Waals surface area contributed by atoms with Crippen LogP contribution in [0.3, 0.4) is 0 Å². The van der Waals surface area contributed by atoms with E-state index in [0.717, 1.165) is 12.8 Å². The van der Waals surface area contributed by atoms with Crippen LogP contribution in [-0.2, 0) is 0 Å². The fourth-order valence-corrected chi connectivity index (χ4v) is 2.09. The molecule has 11 heavy (non-hydrogen) atoms. The van der Waals surface area contributed by atoms with Crippen molar-refractivity contribution in [3.05, 3.63) is 0 Å². The van der Waals surface area contributed by atoms with E-state index in [1.54, 1.807) is 0 Å². The van der Waals surface area contributed by atoms with Crippen molar-refractivity contribution in [1.29, 1.82) is 0 Å². The van der Waals surface area contributed by atoms with Crippen LogP contribution in [0.15, 0.2) is 0 Å². The molecular formula is C6H16N2S3. The molecule has 0 aromatic rings. The molecule has 0 radical (unpaired) electrons. The molecule has 0 spiro atoms. The SMILES string of the molecule is NCCC(S)(S)CC(S)CN. The van der Waals surface area contributed by atoms with Crippen molar-refractivity contribution in [3.63, 3.8) is 0 Å². The average molecular weight is 212 g/mol. The van der Waals surface area contributed by atoms with E-state index in [1.165, 1.54) is 0 Å². The molecule has 68 valence electrons. The lowest BCUT2D eigenvalue weighted by Gasteiger charge is -2.24. The van der Waals surface area contributed by atoms with Gasteiger partial charge < -0.3 is 11.5 Å². The van der Waals surface area contributed by atoms with Crippen molar-refractivity contribution in [3.8, 4) is 0 Å². The molecule has 0 heterocycles. The standard InChI is InChI=1S/C6H16N2S3/c7-2-1-6(10,11)3-5(9)4-8/h5,9-11H,1-4,7-8H2. The third-order valence-electron chi connectivity index (χ3n) is 1.38. The molecule has 0 fully saturated rings. The van der Waals surface area contributed by atoms with Crippen molar-refractivity contribution in [2.45, 2.75) is 22.2 Å². The van der Waals surface area contributed by atoms with Crippen LogP contribution >= 0.6 is 37.9 Å². The largest absolute Gasteiger partial charge is 0.330 e. The first-order valence-corrected chi connectivity index (χ1v) is 4.96. The maximum atomic E-state index is 5.40. The summed E-state index contributed by atoms with van der Waals surface area (Å²) in [5, 5.41) is 0.163. The Morgan fingerprint density at radius 1 is 1.27 bits per heavy atom. The summed E-state index contributed by atoms with van der Waals surface area (Å²) in [6, 6.07) is 0. The van der Waals surface area contributed by atoms with Crippen molar-refractivity contribution in [2.24, 2.45) is 11.5 Å². The van der Waals surface area contributed by atoms with E-state index in [0.29, 0.717) is 13.1 Å². The number of nitrogens with two attached hydrogens (primary N) is 2. The van der Waals surface area contributed by atoms with Crippen LogP contribution in [0.5, 0.6) is 0 Å². The Morgan fingerprint density at radius 2 is 1.82 bits per heavy atom. The number of hydrogen-bond donors (Lipinski definition) is 5. The van der Waals surface area contributed by atoms with Crippen molar-refractivity contribution < 1.29 is 0 Å². The third-order valence-corrected chi connectivity index (χ3v) is 2.59. The number of rotatable bonds is 5. The molecular weight excluding hydrogens is 196 g/mol. The van der Waals surface area contributed by atoms with Crippen LogP contribution < -0.4 is 11.5 Å². The highest BCUT2D eigenvalue weighted by Crippen LogP contribution is 2.30. The summed E-state index contributed by atoms with van der Waals surface area (Å²) in [6.45, 7) is 1.15. The summed E-state index contributed by atoms with van der Waals surface area (Å²) in [5.41, 5.74) is 10.8. The summed E-state index contributed by atoms with van der Waals surface area (Å²) in [6.07, 6.45) is 1.55. The average Bonchev–Trinajstić information content (AvgIpc) is 1.86. The third kappa shape index (κ3) is 6.16. The number of hydrogen-bond acceptors (Lipinski definition) is 5. The molecule has 0 aliphatic carbocycles. The zero-order valence-corrected chi connectivity index (χ0v) is 9.09. The second kappa shape index (κ2) is 5.59. The molecule has 0 bridgehead atoms. The molecule has 0 saturated heterocycles.